The highest BCUT2D eigenvalue weighted by Gasteiger charge is 2.24. The normalized spacial score (nSPS) is 19.3. The molecule has 3 rings (SSSR count). The second-order valence-corrected chi connectivity index (χ2v) is 6.30. The number of aromatic nitrogens is 2. The lowest BCUT2D eigenvalue weighted by Gasteiger charge is -2.30. The number of carbonyl (C=O) groups is 1. The van der Waals surface area contributed by atoms with Crippen LogP contribution in [0.2, 0.25) is 0 Å². The van der Waals surface area contributed by atoms with Crippen LogP contribution >= 0.6 is 11.3 Å². The van der Waals surface area contributed by atoms with Gasteiger partial charge in [0.05, 0.1) is 23.3 Å². The molecule has 1 aliphatic rings. The summed E-state index contributed by atoms with van der Waals surface area (Å²) in [5.74, 6) is -0.0315. The van der Waals surface area contributed by atoms with E-state index in [9.17, 15) is 4.79 Å². The third kappa shape index (κ3) is 2.62. The second kappa shape index (κ2) is 5.38. The Morgan fingerprint density at radius 1 is 1.55 bits per heavy atom. The van der Waals surface area contributed by atoms with E-state index in [-0.39, 0.29) is 12.0 Å². The van der Waals surface area contributed by atoms with Crippen LogP contribution in [-0.4, -0.2) is 46.8 Å². The summed E-state index contributed by atoms with van der Waals surface area (Å²) in [5, 5.41) is 7.10. The quantitative estimate of drug-likeness (QED) is 0.923. The van der Waals surface area contributed by atoms with E-state index >= 15 is 0 Å². The number of hydrogen-bond acceptors (Lipinski definition) is 4. The van der Waals surface area contributed by atoms with Gasteiger partial charge in [0.2, 0.25) is 0 Å². The topological polar surface area (TPSA) is 58.2 Å². The first-order valence-electron chi connectivity index (χ1n) is 6.66. The van der Waals surface area contributed by atoms with E-state index in [4.69, 9.17) is 4.74 Å². The van der Waals surface area contributed by atoms with E-state index in [1.54, 1.807) is 16.2 Å². The Morgan fingerprint density at radius 3 is 3.10 bits per heavy atom. The number of rotatable bonds is 2. The molecule has 0 radical (unpaired) electrons. The van der Waals surface area contributed by atoms with Gasteiger partial charge in [0.25, 0.3) is 5.91 Å². The minimum absolute atomic E-state index is 0.0315. The predicted molar refractivity (Wildman–Crippen MR) is 78.0 cm³/mol. The lowest BCUT2D eigenvalue weighted by molar-refractivity contribution is -0.0126. The van der Waals surface area contributed by atoms with Crippen molar-refractivity contribution >= 4 is 17.2 Å². The number of aryl methyl sites for hydroxylation is 1. The van der Waals surface area contributed by atoms with Crippen LogP contribution in [0.25, 0.3) is 10.6 Å². The molecule has 1 unspecified atom stereocenters. The fourth-order valence-corrected chi connectivity index (χ4v) is 3.14. The van der Waals surface area contributed by atoms with E-state index in [1.807, 2.05) is 19.1 Å². The molecular weight excluding hydrogens is 274 g/mol. The molecule has 1 saturated heterocycles. The van der Waals surface area contributed by atoms with Gasteiger partial charge in [0.15, 0.2) is 5.69 Å². The van der Waals surface area contributed by atoms with Gasteiger partial charge in [-0.25, -0.2) is 0 Å². The summed E-state index contributed by atoms with van der Waals surface area (Å²) in [5.41, 5.74) is 1.37. The summed E-state index contributed by atoms with van der Waals surface area (Å²) in [6, 6.07) is 5.93. The first-order chi connectivity index (χ1) is 9.63. The van der Waals surface area contributed by atoms with Gasteiger partial charge in [0, 0.05) is 18.0 Å². The van der Waals surface area contributed by atoms with Crippen molar-refractivity contribution in [3.8, 4) is 10.6 Å². The van der Waals surface area contributed by atoms with Crippen LogP contribution in [-0.2, 0) is 4.74 Å². The third-order valence-electron chi connectivity index (χ3n) is 3.33. The van der Waals surface area contributed by atoms with Crippen molar-refractivity contribution in [3.05, 3.63) is 28.8 Å². The number of amides is 1. The molecule has 0 aliphatic carbocycles. The molecule has 1 amide bonds. The van der Waals surface area contributed by atoms with Gasteiger partial charge in [-0.15, -0.1) is 11.3 Å². The van der Waals surface area contributed by atoms with E-state index < -0.39 is 0 Å². The number of hydrogen-bond donors (Lipinski definition) is 1. The van der Waals surface area contributed by atoms with Crippen LogP contribution in [0.15, 0.2) is 18.2 Å². The molecule has 0 bridgehead atoms. The smallest absolute Gasteiger partial charge is 0.274 e. The van der Waals surface area contributed by atoms with Crippen molar-refractivity contribution in [1.82, 2.24) is 15.1 Å². The molecule has 2 aromatic heterocycles. The van der Waals surface area contributed by atoms with Crippen molar-refractivity contribution in [2.75, 3.05) is 19.7 Å². The lowest BCUT2D eigenvalue weighted by Crippen LogP contribution is -2.44. The van der Waals surface area contributed by atoms with Crippen LogP contribution in [0.4, 0.5) is 0 Å². The van der Waals surface area contributed by atoms with E-state index in [0.717, 1.165) is 10.6 Å². The molecule has 1 aliphatic heterocycles. The molecule has 6 heteroatoms. The van der Waals surface area contributed by atoms with E-state index in [2.05, 4.69) is 23.2 Å². The Hall–Kier alpha value is -1.66. The van der Waals surface area contributed by atoms with Gasteiger partial charge in [0.1, 0.15) is 0 Å². The number of nitrogens with zero attached hydrogens (tertiary/aromatic N) is 2. The number of carbonyl (C=O) groups excluding carboxylic acids is 1. The standard InChI is InChI=1S/C14H17N3O2S/c1-9-8-17(5-6-19-9)14(18)12-7-11(15-16-12)13-4-3-10(2)20-13/h3-4,7,9H,5-6,8H2,1-2H3,(H,15,16). The molecule has 0 saturated carbocycles. The maximum absolute atomic E-state index is 12.4. The predicted octanol–water partition coefficient (Wildman–Crippen LogP) is 2.31. The van der Waals surface area contributed by atoms with Gasteiger partial charge in [-0.1, -0.05) is 0 Å². The first-order valence-corrected chi connectivity index (χ1v) is 7.48. The Bertz CT molecular complexity index is 619. The van der Waals surface area contributed by atoms with Gasteiger partial charge >= 0.3 is 0 Å². The molecular formula is C14H17N3O2S. The van der Waals surface area contributed by atoms with Gasteiger partial charge in [-0.2, -0.15) is 5.10 Å². The number of aromatic amines is 1. The third-order valence-corrected chi connectivity index (χ3v) is 4.37. The molecule has 3 heterocycles. The maximum atomic E-state index is 12.4. The monoisotopic (exact) mass is 291 g/mol. The summed E-state index contributed by atoms with van der Waals surface area (Å²) in [4.78, 5) is 16.5. The summed E-state index contributed by atoms with van der Waals surface area (Å²) in [6.07, 6.45) is 0.0889. The SMILES string of the molecule is Cc1ccc(-c2cc(C(=O)N3CCOC(C)C3)n[nH]2)s1. The second-order valence-electron chi connectivity index (χ2n) is 5.01. The Balaban J connectivity index is 1.77. The van der Waals surface area contributed by atoms with Crippen LogP contribution in [0.1, 0.15) is 22.3 Å². The highest BCUT2D eigenvalue weighted by molar-refractivity contribution is 7.15. The largest absolute Gasteiger partial charge is 0.375 e. The van der Waals surface area contributed by atoms with Crippen molar-refractivity contribution in [2.24, 2.45) is 0 Å². The average molecular weight is 291 g/mol. The Labute approximate surface area is 121 Å². The van der Waals surface area contributed by atoms with Crippen molar-refractivity contribution in [2.45, 2.75) is 20.0 Å². The first kappa shape index (κ1) is 13.3. The molecule has 106 valence electrons. The average Bonchev–Trinajstić information content (AvgIpc) is 3.06. The molecule has 1 fully saturated rings. The zero-order chi connectivity index (χ0) is 14.1. The number of ether oxygens (including phenoxy) is 1. The number of H-pyrrole nitrogens is 1. The van der Waals surface area contributed by atoms with E-state index in [0.29, 0.717) is 25.4 Å². The molecule has 0 spiro atoms. The van der Waals surface area contributed by atoms with Crippen molar-refractivity contribution in [3.63, 3.8) is 0 Å². The minimum atomic E-state index is -0.0315. The van der Waals surface area contributed by atoms with Crippen LogP contribution < -0.4 is 0 Å². The summed E-state index contributed by atoms with van der Waals surface area (Å²) >= 11 is 1.69. The molecule has 0 aromatic carbocycles. The summed E-state index contributed by atoms with van der Waals surface area (Å²) in [6.45, 7) is 5.88. The van der Waals surface area contributed by atoms with Gasteiger partial charge < -0.3 is 9.64 Å². The number of morpholine rings is 1. The summed E-state index contributed by atoms with van der Waals surface area (Å²) in [7, 11) is 0. The van der Waals surface area contributed by atoms with Crippen LogP contribution in [0.3, 0.4) is 0 Å². The van der Waals surface area contributed by atoms with Gasteiger partial charge in [-0.05, 0) is 32.0 Å². The highest BCUT2D eigenvalue weighted by Crippen LogP contribution is 2.26. The zero-order valence-corrected chi connectivity index (χ0v) is 12.4. The van der Waals surface area contributed by atoms with Gasteiger partial charge in [-0.3, -0.25) is 9.89 Å². The minimum Gasteiger partial charge on any atom is -0.375 e. The van der Waals surface area contributed by atoms with Crippen molar-refractivity contribution < 1.29 is 9.53 Å². The Morgan fingerprint density at radius 2 is 2.40 bits per heavy atom. The zero-order valence-electron chi connectivity index (χ0n) is 11.5. The number of nitrogens with one attached hydrogen (secondary N) is 1. The molecule has 5 nitrogen and oxygen atoms in total. The lowest BCUT2D eigenvalue weighted by atomic mass is 10.2. The molecule has 2 aromatic rings. The summed E-state index contributed by atoms with van der Waals surface area (Å²) < 4.78 is 5.45. The molecule has 1 atom stereocenters. The molecule has 1 N–H and O–H groups in total. The Kier molecular flexibility index (Phi) is 3.58. The van der Waals surface area contributed by atoms with E-state index in [1.165, 1.54) is 4.88 Å². The fraction of sp³-hybridized carbons (Fsp3) is 0.429. The fourth-order valence-electron chi connectivity index (χ4n) is 2.30. The van der Waals surface area contributed by atoms with Crippen molar-refractivity contribution in [1.29, 1.82) is 0 Å². The van der Waals surface area contributed by atoms with Crippen LogP contribution in [0, 0.1) is 6.92 Å². The maximum Gasteiger partial charge on any atom is 0.274 e. The van der Waals surface area contributed by atoms with Crippen LogP contribution in [0.5, 0.6) is 0 Å². The molecule has 20 heavy (non-hydrogen) atoms. The number of thiophene rings is 1. The highest BCUT2D eigenvalue weighted by atomic mass is 32.1.